The average Bonchev–Trinajstić information content (AvgIpc) is 2.73. The van der Waals surface area contributed by atoms with Gasteiger partial charge in [-0.25, -0.2) is 0 Å². The third-order valence-electron chi connectivity index (χ3n) is 3.84. The maximum atomic E-state index is 10.9. The summed E-state index contributed by atoms with van der Waals surface area (Å²) in [7, 11) is 1.68. The molecule has 1 fully saturated rings. The zero-order valence-electron chi connectivity index (χ0n) is 11.0. The minimum absolute atomic E-state index is 0.605. The predicted molar refractivity (Wildman–Crippen MR) is 73.3 cm³/mol. The van der Waals surface area contributed by atoms with Crippen LogP contribution in [-0.4, -0.2) is 28.6 Å². The highest BCUT2D eigenvalue weighted by atomic mass is 79.9. The average molecular weight is 317 g/mol. The summed E-state index contributed by atoms with van der Waals surface area (Å²) in [5, 5.41) is 15.2. The molecule has 5 heteroatoms. The molecule has 102 valence electrons. The van der Waals surface area contributed by atoms with Gasteiger partial charge in [0.25, 0.3) is 0 Å². The van der Waals surface area contributed by atoms with Gasteiger partial charge in [0.05, 0.1) is 29.5 Å². The Bertz CT molecular complexity index is 398. The van der Waals surface area contributed by atoms with Crippen LogP contribution in [0.25, 0.3) is 0 Å². The van der Waals surface area contributed by atoms with Gasteiger partial charge in [-0.05, 0) is 47.5 Å². The molecule has 1 aromatic heterocycles. The zero-order chi connectivity index (χ0) is 13.2. The third kappa shape index (κ3) is 2.78. The van der Waals surface area contributed by atoms with Crippen LogP contribution in [0.4, 0.5) is 0 Å². The Morgan fingerprint density at radius 3 is 2.83 bits per heavy atom. The Hall–Kier alpha value is -0.390. The first-order valence-electron chi connectivity index (χ1n) is 6.50. The number of methoxy groups -OCH3 is 1. The molecule has 1 aliphatic rings. The number of rotatable bonds is 4. The summed E-state index contributed by atoms with van der Waals surface area (Å²) < 4.78 is 7.85. The second-order valence-electron chi connectivity index (χ2n) is 5.27. The van der Waals surface area contributed by atoms with Crippen LogP contribution in [0.3, 0.4) is 0 Å². The molecule has 0 saturated heterocycles. The second kappa shape index (κ2) is 5.72. The number of halogens is 1. The molecule has 0 unspecified atom stereocenters. The van der Waals surface area contributed by atoms with Crippen molar-refractivity contribution >= 4 is 15.9 Å². The van der Waals surface area contributed by atoms with Crippen LogP contribution >= 0.6 is 15.9 Å². The first-order valence-corrected chi connectivity index (χ1v) is 7.29. The monoisotopic (exact) mass is 316 g/mol. The number of aliphatic hydroxyl groups is 1. The summed E-state index contributed by atoms with van der Waals surface area (Å²) in [6.07, 6.45) is 5.52. The van der Waals surface area contributed by atoms with Gasteiger partial charge >= 0.3 is 0 Å². The van der Waals surface area contributed by atoms with Gasteiger partial charge in [0.1, 0.15) is 5.60 Å². The number of nitrogens with zero attached hydrogens (tertiary/aromatic N) is 2. The molecular weight excluding hydrogens is 296 g/mol. The lowest BCUT2D eigenvalue weighted by Crippen LogP contribution is -2.34. The van der Waals surface area contributed by atoms with Gasteiger partial charge in [-0.2, -0.15) is 5.10 Å². The van der Waals surface area contributed by atoms with E-state index in [2.05, 4.69) is 28.0 Å². The van der Waals surface area contributed by atoms with Crippen molar-refractivity contribution in [3.8, 4) is 0 Å². The Kier molecular flexibility index (Phi) is 4.45. The Morgan fingerprint density at radius 1 is 1.56 bits per heavy atom. The molecule has 0 radical (unpaired) electrons. The van der Waals surface area contributed by atoms with Crippen molar-refractivity contribution in [2.24, 2.45) is 5.92 Å². The van der Waals surface area contributed by atoms with Crippen LogP contribution in [0.2, 0.25) is 0 Å². The topological polar surface area (TPSA) is 47.3 Å². The lowest BCUT2D eigenvalue weighted by Gasteiger charge is -2.35. The Labute approximate surface area is 116 Å². The van der Waals surface area contributed by atoms with Crippen LogP contribution < -0.4 is 0 Å². The molecule has 4 nitrogen and oxygen atoms in total. The fourth-order valence-electron chi connectivity index (χ4n) is 2.65. The molecule has 1 heterocycles. The summed E-state index contributed by atoms with van der Waals surface area (Å²) in [5.41, 5.74) is 0.168. The van der Waals surface area contributed by atoms with E-state index in [1.165, 1.54) is 0 Å². The number of hydrogen-bond donors (Lipinski definition) is 1. The largest absolute Gasteiger partial charge is 0.384 e. The normalized spacial score (nSPS) is 28.6. The molecule has 0 amide bonds. The summed E-state index contributed by atoms with van der Waals surface area (Å²) in [4.78, 5) is 0. The van der Waals surface area contributed by atoms with E-state index in [1.54, 1.807) is 13.3 Å². The lowest BCUT2D eigenvalue weighted by atomic mass is 9.78. The van der Waals surface area contributed by atoms with Crippen LogP contribution in [0.15, 0.2) is 10.7 Å². The fourth-order valence-corrected chi connectivity index (χ4v) is 3.31. The minimum atomic E-state index is -0.740. The summed E-state index contributed by atoms with van der Waals surface area (Å²) >= 11 is 3.51. The molecule has 0 aromatic carbocycles. The number of hydrogen-bond acceptors (Lipinski definition) is 3. The Balaban J connectivity index is 2.23. The molecule has 1 aromatic rings. The van der Waals surface area contributed by atoms with Gasteiger partial charge in [0.15, 0.2) is 0 Å². The highest BCUT2D eigenvalue weighted by molar-refractivity contribution is 9.10. The van der Waals surface area contributed by atoms with Gasteiger partial charge < -0.3 is 9.84 Å². The van der Waals surface area contributed by atoms with Crippen LogP contribution in [-0.2, 0) is 16.9 Å². The van der Waals surface area contributed by atoms with E-state index in [0.717, 1.165) is 35.8 Å². The van der Waals surface area contributed by atoms with E-state index in [4.69, 9.17) is 4.74 Å². The summed E-state index contributed by atoms with van der Waals surface area (Å²) in [6.45, 7) is 3.53. The number of ether oxygens (including phenoxy) is 1. The van der Waals surface area contributed by atoms with Crippen molar-refractivity contribution < 1.29 is 9.84 Å². The van der Waals surface area contributed by atoms with Crippen molar-refractivity contribution in [1.82, 2.24) is 9.78 Å². The van der Waals surface area contributed by atoms with Gasteiger partial charge in [-0.15, -0.1) is 0 Å². The van der Waals surface area contributed by atoms with Crippen molar-refractivity contribution in [3.05, 3.63) is 16.4 Å². The first kappa shape index (κ1) is 14.0. The van der Waals surface area contributed by atoms with Gasteiger partial charge in [0, 0.05) is 7.11 Å². The van der Waals surface area contributed by atoms with Crippen molar-refractivity contribution in [3.63, 3.8) is 0 Å². The molecule has 1 N–H and O–H groups in total. The zero-order valence-corrected chi connectivity index (χ0v) is 12.6. The molecule has 0 aliphatic heterocycles. The molecule has 1 saturated carbocycles. The van der Waals surface area contributed by atoms with Crippen molar-refractivity contribution in [2.45, 2.75) is 44.8 Å². The molecule has 0 atom stereocenters. The van der Waals surface area contributed by atoms with E-state index in [9.17, 15) is 5.11 Å². The van der Waals surface area contributed by atoms with Crippen LogP contribution in [0.1, 0.15) is 38.3 Å². The molecule has 1 aliphatic carbocycles. The molecule has 0 spiro atoms. The van der Waals surface area contributed by atoms with Gasteiger partial charge in [-0.3, -0.25) is 4.68 Å². The first-order chi connectivity index (χ1) is 8.57. The highest BCUT2D eigenvalue weighted by Crippen LogP contribution is 2.41. The third-order valence-corrected chi connectivity index (χ3v) is 4.42. The fraction of sp³-hybridized carbons (Fsp3) is 0.769. The molecule has 18 heavy (non-hydrogen) atoms. The predicted octanol–water partition coefficient (Wildman–Crippen LogP) is 2.69. The lowest BCUT2D eigenvalue weighted by molar-refractivity contribution is -0.0210. The summed E-state index contributed by atoms with van der Waals surface area (Å²) in [5.74, 6) is 0.708. The van der Waals surface area contributed by atoms with Gasteiger partial charge in [0.2, 0.25) is 0 Å². The number of aromatic nitrogens is 2. The maximum absolute atomic E-state index is 10.9. The molecule has 2 rings (SSSR count). The second-order valence-corrected chi connectivity index (χ2v) is 6.13. The van der Waals surface area contributed by atoms with E-state index in [0.29, 0.717) is 19.1 Å². The minimum Gasteiger partial charge on any atom is -0.384 e. The highest BCUT2D eigenvalue weighted by Gasteiger charge is 2.37. The van der Waals surface area contributed by atoms with Crippen LogP contribution in [0.5, 0.6) is 0 Å². The summed E-state index contributed by atoms with van der Waals surface area (Å²) in [6, 6.07) is 0. The standard InChI is InChI=1S/C13H21BrN2O2/c1-10-3-5-13(17,6-4-10)12-11(14)9-15-16(12)7-8-18-2/h9-10,17H,3-8H2,1-2H3. The van der Waals surface area contributed by atoms with Gasteiger partial charge in [-0.1, -0.05) is 6.92 Å². The Morgan fingerprint density at radius 2 is 2.22 bits per heavy atom. The van der Waals surface area contributed by atoms with Crippen molar-refractivity contribution in [2.75, 3.05) is 13.7 Å². The van der Waals surface area contributed by atoms with Crippen LogP contribution in [0, 0.1) is 5.92 Å². The maximum Gasteiger partial charge on any atom is 0.107 e. The smallest absolute Gasteiger partial charge is 0.107 e. The van der Waals surface area contributed by atoms with E-state index in [-0.39, 0.29) is 0 Å². The molecule has 0 bridgehead atoms. The van der Waals surface area contributed by atoms with E-state index in [1.807, 2.05) is 4.68 Å². The molecular formula is C13H21BrN2O2. The SMILES string of the molecule is COCCn1ncc(Br)c1C1(O)CCC(C)CC1. The quantitative estimate of drug-likeness (QED) is 0.929. The van der Waals surface area contributed by atoms with E-state index >= 15 is 0 Å². The van der Waals surface area contributed by atoms with Crippen molar-refractivity contribution in [1.29, 1.82) is 0 Å². The van der Waals surface area contributed by atoms with E-state index < -0.39 is 5.60 Å².